The third-order valence-electron chi connectivity index (χ3n) is 4.42. The van der Waals surface area contributed by atoms with Crippen LogP contribution in [0, 0.1) is 13.8 Å². The van der Waals surface area contributed by atoms with Gasteiger partial charge in [-0.15, -0.1) is 0 Å². The molecule has 0 aliphatic rings. The molecule has 2 heterocycles. The molecule has 0 unspecified atom stereocenters. The maximum atomic E-state index is 12.4. The second-order valence-electron chi connectivity index (χ2n) is 6.33. The summed E-state index contributed by atoms with van der Waals surface area (Å²) in [6, 6.07) is 14.5. The van der Waals surface area contributed by atoms with Crippen LogP contribution in [0.1, 0.15) is 32.0 Å². The summed E-state index contributed by atoms with van der Waals surface area (Å²) in [5.41, 5.74) is 3.70. The van der Waals surface area contributed by atoms with Crippen LogP contribution in [0.2, 0.25) is 0 Å². The molecule has 0 aliphatic carbocycles. The van der Waals surface area contributed by atoms with Crippen molar-refractivity contribution in [1.29, 1.82) is 0 Å². The van der Waals surface area contributed by atoms with E-state index in [4.69, 9.17) is 0 Å². The van der Waals surface area contributed by atoms with Gasteiger partial charge in [0.15, 0.2) is 16.5 Å². The molecular formula is C20H16N4O3S. The van der Waals surface area contributed by atoms with Gasteiger partial charge in [0.05, 0.1) is 5.69 Å². The zero-order chi connectivity index (χ0) is 19.8. The first-order valence-corrected chi connectivity index (χ1v) is 9.32. The Bertz CT molecular complexity index is 1210. The van der Waals surface area contributed by atoms with Gasteiger partial charge >= 0.3 is 5.97 Å². The Morgan fingerprint density at radius 3 is 2.50 bits per heavy atom. The highest BCUT2D eigenvalue weighted by Crippen LogP contribution is 2.31. The van der Waals surface area contributed by atoms with Gasteiger partial charge in [-0.25, -0.2) is 9.48 Å². The number of hydrogen-bond donors (Lipinski definition) is 2. The van der Waals surface area contributed by atoms with E-state index in [1.54, 1.807) is 24.3 Å². The minimum atomic E-state index is -1.14. The molecule has 4 rings (SSSR count). The summed E-state index contributed by atoms with van der Waals surface area (Å²) < 4.78 is 1.91. The van der Waals surface area contributed by atoms with E-state index in [9.17, 15) is 14.7 Å². The molecule has 0 spiro atoms. The molecule has 2 aromatic carbocycles. The maximum absolute atomic E-state index is 12.4. The zero-order valence-corrected chi connectivity index (χ0v) is 15.9. The highest BCUT2D eigenvalue weighted by molar-refractivity contribution is 7.22. The summed E-state index contributed by atoms with van der Waals surface area (Å²) in [7, 11) is 0. The topological polar surface area (TPSA) is 97.1 Å². The van der Waals surface area contributed by atoms with Crippen LogP contribution >= 0.6 is 11.3 Å². The fourth-order valence-electron chi connectivity index (χ4n) is 2.79. The highest BCUT2D eigenvalue weighted by atomic mass is 32.1. The van der Waals surface area contributed by atoms with Crippen molar-refractivity contribution in [2.24, 2.45) is 0 Å². The van der Waals surface area contributed by atoms with E-state index in [1.165, 1.54) is 4.68 Å². The van der Waals surface area contributed by atoms with Gasteiger partial charge in [-0.05, 0) is 49.2 Å². The Morgan fingerprint density at radius 1 is 1.07 bits per heavy atom. The van der Waals surface area contributed by atoms with Crippen molar-refractivity contribution in [3.8, 4) is 5.69 Å². The second kappa shape index (κ2) is 6.90. The average molecular weight is 392 g/mol. The zero-order valence-electron chi connectivity index (χ0n) is 15.1. The summed E-state index contributed by atoms with van der Waals surface area (Å²) >= 11 is 1.09. The SMILES string of the molecule is Cc1ccc(-n2nc(C(=O)O)c3sc(NC(=O)c4ccccc4)nc32)cc1C. The molecule has 28 heavy (non-hydrogen) atoms. The first-order chi connectivity index (χ1) is 13.4. The summed E-state index contributed by atoms with van der Waals surface area (Å²) in [6.07, 6.45) is 0. The van der Waals surface area contributed by atoms with Crippen LogP contribution in [-0.2, 0) is 0 Å². The largest absolute Gasteiger partial charge is 0.476 e. The first kappa shape index (κ1) is 17.9. The van der Waals surface area contributed by atoms with Crippen molar-refractivity contribution in [1.82, 2.24) is 14.8 Å². The Morgan fingerprint density at radius 2 is 1.82 bits per heavy atom. The molecule has 140 valence electrons. The van der Waals surface area contributed by atoms with Gasteiger partial charge in [-0.3, -0.25) is 10.1 Å². The van der Waals surface area contributed by atoms with Gasteiger partial charge in [0, 0.05) is 5.56 Å². The third-order valence-corrected chi connectivity index (χ3v) is 5.39. The van der Waals surface area contributed by atoms with E-state index >= 15 is 0 Å². The van der Waals surface area contributed by atoms with E-state index in [2.05, 4.69) is 15.4 Å². The lowest BCUT2D eigenvalue weighted by Gasteiger charge is -2.05. The molecule has 0 saturated carbocycles. The quantitative estimate of drug-likeness (QED) is 0.546. The van der Waals surface area contributed by atoms with Crippen LogP contribution in [0.4, 0.5) is 5.13 Å². The molecule has 4 aromatic rings. The molecular weight excluding hydrogens is 376 g/mol. The predicted octanol–water partition coefficient (Wildman–Crippen LogP) is 4.05. The number of anilines is 1. The molecule has 0 saturated heterocycles. The molecule has 2 aromatic heterocycles. The fraction of sp³-hybridized carbons (Fsp3) is 0.100. The average Bonchev–Trinajstić information content (AvgIpc) is 3.23. The lowest BCUT2D eigenvalue weighted by molar-refractivity contribution is 0.0692. The van der Waals surface area contributed by atoms with Crippen LogP contribution in [-0.4, -0.2) is 31.7 Å². The maximum Gasteiger partial charge on any atom is 0.358 e. The van der Waals surface area contributed by atoms with E-state index in [-0.39, 0.29) is 11.6 Å². The van der Waals surface area contributed by atoms with Crippen LogP contribution in [0.25, 0.3) is 16.0 Å². The monoisotopic (exact) mass is 392 g/mol. The molecule has 0 radical (unpaired) electrons. The van der Waals surface area contributed by atoms with E-state index < -0.39 is 5.97 Å². The van der Waals surface area contributed by atoms with Crippen LogP contribution < -0.4 is 5.32 Å². The standard InChI is InChI=1S/C20H16N4O3S/c1-11-8-9-14(10-12(11)2)24-17-16(15(23-24)19(26)27)28-20(21-17)22-18(25)13-6-4-3-5-7-13/h3-10H,1-2H3,(H,26,27)(H,21,22,25). The van der Waals surface area contributed by atoms with E-state index in [1.807, 2.05) is 38.1 Å². The number of carboxylic acids is 1. The number of carbonyl (C=O) groups excluding carboxylic acids is 1. The van der Waals surface area contributed by atoms with Crippen LogP contribution in [0.5, 0.6) is 0 Å². The molecule has 0 bridgehead atoms. The Balaban J connectivity index is 1.78. The third kappa shape index (κ3) is 3.14. The number of aromatic nitrogens is 3. The number of benzene rings is 2. The van der Waals surface area contributed by atoms with E-state index in [0.717, 1.165) is 22.5 Å². The van der Waals surface area contributed by atoms with Crippen molar-refractivity contribution >= 4 is 38.7 Å². The van der Waals surface area contributed by atoms with Crippen molar-refractivity contribution in [3.05, 3.63) is 70.9 Å². The number of thiazole rings is 1. The number of carboxylic acid groups (broad SMARTS) is 1. The minimum Gasteiger partial charge on any atom is -0.476 e. The fourth-order valence-corrected chi connectivity index (χ4v) is 3.71. The number of nitrogens with one attached hydrogen (secondary N) is 1. The van der Waals surface area contributed by atoms with Crippen molar-refractivity contribution < 1.29 is 14.7 Å². The molecule has 0 atom stereocenters. The normalized spacial score (nSPS) is 10.9. The highest BCUT2D eigenvalue weighted by Gasteiger charge is 2.23. The van der Waals surface area contributed by atoms with Crippen molar-refractivity contribution in [3.63, 3.8) is 0 Å². The number of carbonyl (C=O) groups is 2. The molecule has 1 amide bonds. The van der Waals surface area contributed by atoms with E-state index in [0.29, 0.717) is 26.7 Å². The summed E-state index contributed by atoms with van der Waals surface area (Å²) in [5.74, 6) is -1.45. The van der Waals surface area contributed by atoms with Gasteiger partial charge in [0.2, 0.25) is 0 Å². The number of nitrogens with zero attached hydrogens (tertiary/aromatic N) is 3. The van der Waals surface area contributed by atoms with Gasteiger partial charge in [-0.1, -0.05) is 35.6 Å². The van der Waals surface area contributed by atoms with Crippen LogP contribution in [0.15, 0.2) is 48.5 Å². The molecule has 0 fully saturated rings. The molecule has 0 aliphatic heterocycles. The Kier molecular flexibility index (Phi) is 4.40. The predicted molar refractivity (Wildman–Crippen MR) is 108 cm³/mol. The van der Waals surface area contributed by atoms with Crippen LogP contribution in [0.3, 0.4) is 0 Å². The Hall–Kier alpha value is -3.52. The van der Waals surface area contributed by atoms with Gasteiger partial charge in [0.25, 0.3) is 5.91 Å². The number of hydrogen-bond acceptors (Lipinski definition) is 5. The van der Waals surface area contributed by atoms with Gasteiger partial charge < -0.3 is 5.11 Å². The van der Waals surface area contributed by atoms with Gasteiger partial charge in [-0.2, -0.15) is 10.1 Å². The summed E-state index contributed by atoms with van der Waals surface area (Å²) in [5, 5.41) is 16.8. The number of amides is 1. The number of aryl methyl sites for hydroxylation is 2. The number of aromatic carboxylic acids is 1. The lowest BCUT2D eigenvalue weighted by Crippen LogP contribution is -2.11. The summed E-state index contributed by atoms with van der Waals surface area (Å²) in [4.78, 5) is 28.5. The molecule has 8 heteroatoms. The molecule has 2 N–H and O–H groups in total. The number of rotatable bonds is 4. The second-order valence-corrected chi connectivity index (χ2v) is 7.33. The Labute approximate surface area is 164 Å². The first-order valence-electron chi connectivity index (χ1n) is 8.51. The summed E-state index contributed by atoms with van der Waals surface area (Å²) in [6.45, 7) is 3.98. The van der Waals surface area contributed by atoms with Gasteiger partial charge in [0.1, 0.15) is 4.70 Å². The molecule has 7 nitrogen and oxygen atoms in total. The smallest absolute Gasteiger partial charge is 0.358 e. The number of fused-ring (bicyclic) bond motifs is 1. The van der Waals surface area contributed by atoms with Crippen molar-refractivity contribution in [2.45, 2.75) is 13.8 Å². The lowest BCUT2D eigenvalue weighted by atomic mass is 10.1. The van der Waals surface area contributed by atoms with Crippen molar-refractivity contribution in [2.75, 3.05) is 5.32 Å². The minimum absolute atomic E-state index is 0.0917.